The topological polar surface area (TPSA) is 82.3 Å². The maximum absolute atomic E-state index is 12.7. The highest BCUT2D eigenvalue weighted by atomic mass is 35.5. The number of primary amides is 1. The number of aromatic nitrogens is 1. The largest absolute Gasteiger partial charge is 0.452 e. The lowest BCUT2D eigenvalue weighted by molar-refractivity contribution is -0.121. The number of para-hydroxylation sites is 1. The van der Waals surface area contributed by atoms with Crippen molar-refractivity contribution >= 4 is 46.0 Å². The molecule has 0 aliphatic heterocycles. The molecule has 1 aliphatic carbocycles. The average Bonchev–Trinajstić information content (AvgIpc) is 3.08. The molecule has 0 bridgehead atoms. The second-order valence-corrected chi connectivity index (χ2v) is 7.03. The van der Waals surface area contributed by atoms with Crippen molar-refractivity contribution in [1.82, 2.24) is 4.98 Å². The molecule has 6 heteroatoms. The zero-order valence-corrected chi connectivity index (χ0v) is 15.7. The smallest absolute Gasteiger partial charge is 0.339 e. The van der Waals surface area contributed by atoms with Crippen molar-refractivity contribution in [3.63, 3.8) is 0 Å². The number of esters is 1. The van der Waals surface area contributed by atoms with E-state index in [0.29, 0.717) is 27.9 Å². The molecular weight excluding hydrogens is 376 g/mol. The number of nitrogens with two attached hydrogens (primary N) is 1. The van der Waals surface area contributed by atoms with Crippen LogP contribution in [0.2, 0.25) is 5.02 Å². The number of amides is 1. The number of hydrogen-bond acceptors (Lipinski definition) is 4. The quantitative estimate of drug-likeness (QED) is 0.680. The molecule has 1 heterocycles. The molecule has 4 rings (SSSR count). The number of fused-ring (bicyclic) bond motifs is 2. The van der Waals surface area contributed by atoms with Crippen LogP contribution in [0.1, 0.15) is 33.6 Å². The maximum atomic E-state index is 12.7. The van der Waals surface area contributed by atoms with Gasteiger partial charge in [-0.25, -0.2) is 9.78 Å². The Morgan fingerprint density at radius 1 is 1.11 bits per heavy atom. The van der Waals surface area contributed by atoms with E-state index < -0.39 is 18.5 Å². The van der Waals surface area contributed by atoms with Crippen molar-refractivity contribution in [2.45, 2.75) is 12.8 Å². The molecule has 0 saturated carbocycles. The first kappa shape index (κ1) is 18.2. The van der Waals surface area contributed by atoms with Crippen LogP contribution in [0.25, 0.3) is 22.6 Å². The number of rotatable bonds is 4. The molecule has 0 spiro atoms. The fourth-order valence-electron chi connectivity index (χ4n) is 3.48. The zero-order valence-electron chi connectivity index (χ0n) is 14.9. The van der Waals surface area contributed by atoms with E-state index in [-0.39, 0.29) is 0 Å². The van der Waals surface area contributed by atoms with E-state index in [1.807, 2.05) is 48.5 Å². The number of allylic oxidation sites excluding steroid dienone is 1. The van der Waals surface area contributed by atoms with Gasteiger partial charge in [-0.15, -0.1) is 0 Å². The van der Waals surface area contributed by atoms with E-state index in [4.69, 9.17) is 27.1 Å². The minimum Gasteiger partial charge on any atom is -0.452 e. The minimum atomic E-state index is -0.688. The number of ether oxygens (including phenoxy) is 1. The molecule has 0 unspecified atom stereocenters. The van der Waals surface area contributed by atoms with Crippen LogP contribution in [0.5, 0.6) is 0 Å². The Hall–Kier alpha value is -3.18. The third-order valence-electron chi connectivity index (χ3n) is 4.70. The van der Waals surface area contributed by atoms with Gasteiger partial charge in [-0.1, -0.05) is 41.9 Å². The van der Waals surface area contributed by atoms with Crippen LogP contribution >= 0.6 is 11.6 Å². The van der Waals surface area contributed by atoms with Gasteiger partial charge in [-0.2, -0.15) is 0 Å². The molecule has 28 heavy (non-hydrogen) atoms. The SMILES string of the molecule is NC(=O)COC(=O)c1c2c(nc3ccccc13)/C(=C\c1ccc(Cl)cc1)CC2. The Morgan fingerprint density at radius 3 is 2.61 bits per heavy atom. The van der Waals surface area contributed by atoms with Crippen LogP contribution in [0.3, 0.4) is 0 Å². The lowest BCUT2D eigenvalue weighted by Crippen LogP contribution is -2.21. The first-order valence-corrected chi connectivity index (χ1v) is 9.24. The number of benzene rings is 2. The molecular formula is C22H17ClN2O3. The van der Waals surface area contributed by atoms with Crippen LogP contribution in [-0.2, 0) is 16.0 Å². The van der Waals surface area contributed by atoms with Gasteiger partial charge in [-0.3, -0.25) is 4.79 Å². The van der Waals surface area contributed by atoms with Crippen LogP contribution in [0.4, 0.5) is 0 Å². The van der Waals surface area contributed by atoms with Gasteiger partial charge in [0.25, 0.3) is 5.91 Å². The van der Waals surface area contributed by atoms with Gasteiger partial charge in [0.2, 0.25) is 0 Å². The van der Waals surface area contributed by atoms with E-state index in [1.165, 1.54) is 0 Å². The summed E-state index contributed by atoms with van der Waals surface area (Å²) >= 11 is 5.96. The van der Waals surface area contributed by atoms with Gasteiger partial charge in [0, 0.05) is 10.4 Å². The highest BCUT2D eigenvalue weighted by Crippen LogP contribution is 2.37. The molecule has 2 aromatic carbocycles. The summed E-state index contributed by atoms with van der Waals surface area (Å²) in [6.45, 7) is -0.447. The standard InChI is InChI=1S/C22H17ClN2O3/c23-15-8-5-13(6-9-15)11-14-7-10-17-20(22(27)28-12-19(24)26)16-3-1-2-4-18(16)25-21(14)17/h1-6,8-9,11H,7,10,12H2,(H2,24,26)/b14-11-. The van der Waals surface area contributed by atoms with Gasteiger partial charge in [0.15, 0.2) is 6.61 Å². The molecule has 140 valence electrons. The predicted octanol–water partition coefficient (Wildman–Crippen LogP) is 4.02. The van der Waals surface area contributed by atoms with Crippen LogP contribution in [-0.4, -0.2) is 23.5 Å². The summed E-state index contributed by atoms with van der Waals surface area (Å²) in [5.41, 5.74) is 9.97. The number of halogens is 1. The molecule has 0 atom stereocenters. The molecule has 1 aliphatic rings. The monoisotopic (exact) mass is 392 g/mol. The third-order valence-corrected chi connectivity index (χ3v) is 4.95. The van der Waals surface area contributed by atoms with E-state index in [2.05, 4.69) is 6.08 Å². The maximum Gasteiger partial charge on any atom is 0.339 e. The summed E-state index contributed by atoms with van der Waals surface area (Å²) in [4.78, 5) is 28.6. The van der Waals surface area contributed by atoms with Crippen molar-refractivity contribution in [1.29, 1.82) is 0 Å². The van der Waals surface area contributed by atoms with E-state index in [9.17, 15) is 9.59 Å². The van der Waals surface area contributed by atoms with Crippen molar-refractivity contribution in [2.75, 3.05) is 6.61 Å². The van der Waals surface area contributed by atoms with Crippen molar-refractivity contribution in [3.05, 3.63) is 75.9 Å². The highest BCUT2D eigenvalue weighted by molar-refractivity contribution is 6.30. The number of carbonyl (C=O) groups excluding carboxylic acids is 2. The second kappa shape index (κ2) is 7.44. The van der Waals surface area contributed by atoms with Crippen LogP contribution in [0.15, 0.2) is 48.5 Å². The summed E-state index contributed by atoms with van der Waals surface area (Å²) in [5.74, 6) is -1.24. The molecule has 0 radical (unpaired) electrons. The molecule has 3 aromatic rings. The molecule has 0 saturated heterocycles. The minimum absolute atomic E-state index is 0.447. The number of hydrogen-bond donors (Lipinski definition) is 1. The first-order valence-electron chi connectivity index (χ1n) is 8.86. The number of carbonyl (C=O) groups is 2. The predicted molar refractivity (Wildman–Crippen MR) is 109 cm³/mol. The van der Waals surface area contributed by atoms with Gasteiger partial charge < -0.3 is 10.5 Å². The second-order valence-electron chi connectivity index (χ2n) is 6.59. The van der Waals surface area contributed by atoms with Gasteiger partial charge in [-0.05, 0) is 53.8 Å². The summed E-state index contributed by atoms with van der Waals surface area (Å²) in [7, 11) is 0. The lowest BCUT2D eigenvalue weighted by atomic mass is 10.0. The number of nitrogens with zero attached hydrogens (tertiary/aromatic N) is 1. The molecule has 2 N–H and O–H groups in total. The van der Waals surface area contributed by atoms with Crippen molar-refractivity contribution in [2.24, 2.45) is 5.73 Å². The summed E-state index contributed by atoms with van der Waals surface area (Å²) < 4.78 is 5.11. The zero-order chi connectivity index (χ0) is 19.7. The Kier molecular flexibility index (Phi) is 4.84. The highest BCUT2D eigenvalue weighted by Gasteiger charge is 2.27. The van der Waals surface area contributed by atoms with Crippen LogP contribution in [0, 0.1) is 0 Å². The average molecular weight is 393 g/mol. The van der Waals surface area contributed by atoms with Crippen molar-refractivity contribution < 1.29 is 14.3 Å². The van der Waals surface area contributed by atoms with Gasteiger partial charge >= 0.3 is 5.97 Å². The molecule has 0 fully saturated rings. The first-order chi connectivity index (χ1) is 13.5. The Bertz CT molecular complexity index is 1120. The Labute approximate surface area is 166 Å². The fourth-order valence-corrected chi connectivity index (χ4v) is 3.61. The summed E-state index contributed by atoms with van der Waals surface area (Å²) in [5, 5.41) is 1.39. The van der Waals surface area contributed by atoms with E-state index in [0.717, 1.165) is 28.8 Å². The Morgan fingerprint density at radius 2 is 1.86 bits per heavy atom. The van der Waals surface area contributed by atoms with Gasteiger partial charge in [0.1, 0.15) is 0 Å². The Balaban J connectivity index is 1.83. The summed E-state index contributed by atoms with van der Waals surface area (Å²) in [6, 6.07) is 15.0. The van der Waals surface area contributed by atoms with Crippen LogP contribution < -0.4 is 5.73 Å². The van der Waals surface area contributed by atoms with E-state index in [1.54, 1.807) is 0 Å². The third kappa shape index (κ3) is 3.49. The summed E-state index contributed by atoms with van der Waals surface area (Å²) in [6.07, 6.45) is 3.49. The molecule has 1 amide bonds. The molecule has 1 aromatic heterocycles. The normalized spacial score (nSPS) is 14.2. The number of pyridine rings is 1. The van der Waals surface area contributed by atoms with E-state index >= 15 is 0 Å². The fraction of sp³-hybridized carbons (Fsp3) is 0.136. The molecule has 5 nitrogen and oxygen atoms in total. The lowest BCUT2D eigenvalue weighted by Gasteiger charge is -2.11. The van der Waals surface area contributed by atoms with Gasteiger partial charge in [0.05, 0.1) is 16.8 Å². The van der Waals surface area contributed by atoms with Crippen molar-refractivity contribution in [3.8, 4) is 0 Å².